The Morgan fingerprint density at radius 1 is 1.48 bits per heavy atom. The van der Waals surface area contributed by atoms with Crippen LogP contribution >= 0.6 is 0 Å². The maximum Gasteiger partial charge on any atom is 0.243 e. The van der Waals surface area contributed by atoms with Crippen molar-refractivity contribution in [1.82, 2.24) is 4.90 Å². The van der Waals surface area contributed by atoms with Gasteiger partial charge in [-0.05, 0) is 56.8 Å². The molecule has 4 fully saturated rings. The molecular weight excluding hydrogens is 266 g/mol. The summed E-state index contributed by atoms with van der Waals surface area (Å²) in [5.41, 5.74) is 5.15. The van der Waals surface area contributed by atoms with Crippen molar-refractivity contribution in [2.75, 3.05) is 13.1 Å². The van der Waals surface area contributed by atoms with E-state index in [1.54, 1.807) is 4.90 Å². The van der Waals surface area contributed by atoms with Crippen LogP contribution in [0.25, 0.3) is 0 Å². The first-order chi connectivity index (χ1) is 9.94. The summed E-state index contributed by atoms with van der Waals surface area (Å²) in [5, 5.41) is 19.6. The summed E-state index contributed by atoms with van der Waals surface area (Å²) in [5.74, 6) is 1.18. The van der Waals surface area contributed by atoms with Gasteiger partial charge in [0.25, 0.3) is 0 Å². The molecule has 0 aromatic heterocycles. The van der Waals surface area contributed by atoms with Gasteiger partial charge in [-0.15, -0.1) is 0 Å². The van der Waals surface area contributed by atoms with Crippen molar-refractivity contribution in [3.05, 3.63) is 0 Å². The Bertz CT molecular complexity index is 558. The molecule has 1 spiro atoms. The second-order valence-electron chi connectivity index (χ2n) is 7.61. The van der Waals surface area contributed by atoms with Gasteiger partial charge >= 0.3 is 0 Å². The molecule has 0 radical (unpaired) electrons. The van der Waals surface area contributed by atoms with Gasteiger partial charge in [0.15, 0.2) is 0 Å². The van der Waals surface area contributed by atoms with Crippen molar-refractivity contribution in [1.29, 1.82) is 5.26 Å². The lowest BCUT2D eigenvalue weighted by molar-refractivity contribution is -0.415. The third kappa shape index (κ3) is 1.20. The van der Waals surface area contributed by atoms with E-state index in [4.69, 9.17) is 11.0 Å². The van der Waals surface area contributed by atoms with E-state index in [9.17, 15) is 9.90 Å². The predicted molar refractivity (Wildman–Crippen MR) is 75.7 cm³/mol. The first kappa shape index (κ1) is 13.5. The second-order valence-corrected chi connectivity index (χ2v) is 7.61. The highest BCUT2D eigenvalue weighted by atomic mass is 16.3. The Hall–Kier alpha value is -1.12. The number of likely N-dealkylation sites (N-methyl/N-ethyl adjacent to an activating group) is 1. The van der Waals surface area contributed by atoms with Crippen molar-refractivity contribution in [2.24, 2.45) is 28.9 Å². The van der Waals surface area contributed by atoms with Gasteiger partial charge in [0, 0.05) is 12.0 Å². The maximum atomic E-state index is 12.9. The summed E-state index contributed by atoms with van der Waals surface area (Å²) in [6.45, 7) is 2.50. The topological polar surface area (TPSA) is 90.4 Å². The highest BCUT2D eigenvalue weighted by Gasteiger charge is 2.86. The first-order valence-corrected chi connectivity index (χ1v) is 8.11. The minimum Gasteiger partial charge on any atom is -0.389 e. The molecule has 5 nitrogen and oxygen atoms in total. The quantitative estimate of drug-likeness (QED) is 0.746. The number of carbonyl (C=O) groups is 1. The van der Waals surface area contributed by atoms with Crippen molar-refractivity contribution in [3.63, 3.8) is 0 Å². The van der Waals surface area contributed by atoms with Crippen LogP contribution in [0.4, 0.5) is 0 Å². The van der Waals surface area contributed by atoms with Crippen molar-refractivity contribution in [2.45, 2.75) is 50.2 Å². The van der Waals surface area contributed by atoms with Crippen LogP contribution in [0.5, 0.6) is 0 Å². The molecule has 4 saturated carbocycles. The molecule has 0 bridgehead atoms. The Morgan fingerprint density at radius 3 is 2.81 bits per heavy atom. The van der Waals surface area contributed by atoms with Gasteiger partial charge in [0.2, 0.25) is 5.91 Å². The van der Waals surface area contributed by atoms with Crippen LogP contribution in [0.2, 0.25) is 0 Å². The molecule has 0 saturated heterocycles. The highest BCUT2D eigenvalue weighted by molar-refractivity contribution is 5.87. The summed E-state index contributed by atoms with van der Waals surface area (Å²) in [4.78, 5) is 14.5. The van der Waals surface area contributed by atoms with Crippen molar-refractivity contribution >= 4 is 5.91 Å². The summed E-state index contributed by atoms with van der Waals surface area (Å²) in [6, 6.07) is 2.06. The van der Waals surface area contributed by atoms with E-state index in [1.807, 2.05) is 6.92 Å². The van der Waals surface area contributed by atoms with Gasteiger partial charge in [0.05, 0.1) is 17.2 Å². The maximum absolute atomic E-state index is 12.9. The molecular formula is C16H23N3O2. The first-order valence-electron chi connectivity index (χ1n) is 8.11. The highest BCUT2D eigenvalue weighted by Crippen LogP contribution is 2.85. The minimum atomic E-state index is -0.866. The van der Waals surface area contributed by atoms with Crippen molar-refractivity contribution < 1.29 is 9.90 Å². The number of carbonyl (C=O) groups excluding carboxylic acids is 1. The number of nitrogens with two attached hydrogens (primary N) is 1. The van der Waals surface area contributed by atoms with Crippen LogP contribution in [-0.2, 0) is 4.79 Å². The smallest absolute Gasteiger partial charge is 0.243 e. The van der Waals surface area contributed by atoms with Gasteiger partial charge < -0.3 is 15.7 Å². The zero-order chi connectivity index (χ0) is 15.0. The number of aliphatic hydroxyl groups is 1. The van der Waals surface area contributed by atoms with E-state index in [1.165, 1.54) is 6.42 Å². The van der Waals surface area contributed by atoms with E-state index >= 15 is 0 Å². The Morgan fingerprint density at radius 2 is 2.24 bits per heavy atom. The lowest BCUT2D eigenvalue weighted by Gasteiger charge is -2.86. The molecule has 0 aliphatic heterocycles. The lowest BCUT2D eigenvalue weighted by atomic mass is 9.20. The summed E-state index contributed by atoms with van der Waals surface area (Å²) < 4.78 is 0. The number of hydrogen-bond donors (Lipinski definition) is 2. The zero-order valence-corrected chi connectivity index (χ0v) is 12.5. The molecule has 4 aliphatic rings. The molecule has 4 aliphatic carbocycles. The van der Waals surface area contributed by atoms with Crippen LogP contribution in [0.15, 0.2) is 0 Å². The molecule has 4 unspecified atom stereocenters. The van der Waals surface area contributed by atoms with Gasteiger partial charge in [0.1, 0.15) is 6.54 Å². The van der Waals surface area contributed by atoms with Gasteiger partial charge in [-0.3, -0.25) is 4.79 Å². The molecule has 4 rings (SSSR count). The summed E-state index contributed by atoms with van der Waals surface area (Å²) in [6.07, 6.45) is 4.43. The average Bonchev–Trinajstić information content (AvgIpc) is 2.44. The van der Waals surface area contributed by atoms with E-state index in [0.29, 0.717) is 31.2 Å². The number of hydrogen-bond acceptors (Lipinski definition) is 4. The van der Waals surface area contributed by atoms with Gasteiger partial charge in [-0.1, -0.05) is 0 Å². The van der Waals surface area contributed by atoms with Crippen LogP contribution in [-0.4, -0.2) is 40.1 Å². The van der Waals surface area contributed by atoms with E-state index in [-0.39, 0.29) is 23.8 Å². The molecule has 6 atom stereocenters. The Balaban J connectivity index is 1.64. The summed E-state index contributed by atoms with van der Waals surface area (Å²) in [7, 11) is 0. The van der Waals surface area contributed by atoms with E-state index < -0.39 is 11.1 Å². The van der Waals surface area contributed by atoms with E-state index in [0.717, 1.165) is 12.8 Å². The molecule has 0 heterocycles. The summed E-state index contributed by atoms with van der Waals surface area (Å²) >= 11 is 0. The largest absolute Gasteiger partial charge is 0.389 e. The third-order valence-corrected chi connectivity index (χ3v) is 7.29. The molecule has 21 heavy (non-hydrogen) atoms. The predicted octanol–water partition coefficient (Wildman–Crippen LogP) is 0.627. The average molecular weight is 289 g/mol. The Labute approximate surface area is 125 Å². The van der Waals surface area contributed by atoms with Gasteiger partial charge in [-0.2, -0.15) is 5.26 Å². The van der Waals surface area contributed by atoms with Crippen LogP contribution in [0.1, 0.15) is 39.0 Å². The fourth-order valence-corrected chi connectivity index (χ4v) is 6.42. The molecule has 3 N–H and O–H groups in total. The van der Waals surface area contributed by atoms with Crippen LogP contribution in [0.3, 0.4) is 0 Å². The molecule has 0 aromatic carbocycles. The number of amides is 1. The second kappa shape index (κ2) is 3.80. The van der Waals surface area contributed by atoms with E-state index in [2.05, 4.69) is 6.07 Å². The number of rotatable bonds is 3. The molecule has 5 heteroatoms. The minimum absolute atomic E-state index is 0.0539. The van der Waals surface area contributed by atoms with Gasteiger partial charge in [-0.25, -0.2) is 0 Å². The normalized spacial score (nSPS) is 52.2. The fourth-order valence-electron chi connectivity index (χ4n) is 6.42. The Kier molecular flexibility index (Phi) is 2.45. The standard InChI is InChI=1S/C16H23N3O2/c1-2-19(6-5-17)13(20)15(18)4-3-10-7-11-8-14(21)9-12(15)16(10,11)14/h10-12,21H,2-4,6-9,18H2,1H3/t10?,11?,12-,14?,15+,16?/m1/s1. The molecule has 114 valence electrons. The van der Waals surface area contributed by atoms with Crippen LogP contribution in [0, 0.1) is 34.5 Å². The lowest BCUT2D eigenvalue weighted by Crippen LogP contribution is -2.90. The van der Waals surface area contributed by atoms with Crippen molar-refractivity contribution in [3.8, 4) is 6.07 Å². The molecule has 0 aromatic rings. The number of nitriles is 1. The monoisotopic (exact) mass is 289 g/mol. The zero-order valence-electron chi connectivity index (χ0n) is 12.5. The fraction of sp³-hybridized carbons (Fsp3) is 0.875. The number of nitrogens with zero attached hydrogens (tertiary/aromatic N) is 2. The molecule has 1 amide bonds. The third-order valence-electron chi connectivity index (χ3n) is 7.29. The van der Waals surface area contributed by atoms with Crippen LogP contribution < -0.4 is 5.73 Å². The SMILES string of the molecule is CCN(CC#N)C(=O)[C@]1(N)CCC2CC3CC4(O)C[C@H]1C234.